The molecule has 1 amide bonds. The van der Waals surface area contributed by atoms with Crippen LogP contribution in [0.2, 0.25) is 0 Å². The van der Waals surface area contributed by atoms with E-state index in [9.17, 15) is 4.79 Å². The first-order chi connectivity index (χ1) is 5.09. The number of anilines is 1. The van der Waals surface area contributed by atoms with E-state index < -0.39 is 0 Å². The second kappa shape index (κ2) is 3.36. The molecular weight excluding hydrogens is 226 g/mol. The van der Waals surface area contributed by atoms with Crippen LogP contribution < -0.4 is 5.32 Å². The van der Waals surface area contributed by atoms with Gasteiger partial charge >= 0.3 is 0 Å². The van der Waals surface area contributed by atoms with Crippen LogP contribution in [0.5, 0.6) is 0 Å². The molecule has 0 unspecified atom stereocenters. The van der Waals surface area contributed by atoms with Crippen LogP contribution in [0.25, 0.3) is 0 Å². The minimum Gasteiger partial charge on any atom is -0.318 e. The highest BCUT2D eigenvalue weighted by Gasteiger charge is 2.03. The molecule has 11 heavy (non-hydrogen) atoms. The van der Waals surface area contributed by atoms with Crippen molar-refractivity contribution < 1.29 is 4.79 Å². The highest BCUT2D eigenvalue weighted by atomic mass is 79.9. The van der Waals surface area contributed by atoms with Gasteiger partial charge in [0.15, 0.2) is 0 Å². The van der Waals surface area contributed by atoms with Crippen LogP contribution >= 0.6 is 27.3 Å². The monoisotopic (exact) mass is 233 g/mol. The lowest BCUT2D eigenvalue weighted by atomic mass is 10.4. The zero-order valence-electron chi connectivity index (χ0n) is 6.27. The van der Waals surface area contributed by atoms with Gasteiger partial charge in [-0.1, -0.05) is 0 Å². The number of carbonyl (C=O) groups excluding carboxylic acids is 1. The Hall–Kier alpha value is -0.350. The molecule has 1 N–H and O–H groups in total. The number of thiophene rings is 1. The first kappa shape index (κ1) is 8.74. The summed E-state index contributed by atoms with van der Waals surface area (Å²) in [7, 11) is 0. The number of hydrogen-bond donors (Lipinski definition) is 1. The van der Waals surface area contributed by atoms with Gasteiger partial charge < -0.3 is 5.32 Å². The lowest BCUT2D eigenvalue weighted by molar-refractivity contribution is -0.114. The van der Waals surface area contributed by atoms with E-state index >= 15 is 0 Å². The average Bonchev–Trinajstić information content (AvgIpc) is 2.09. The summed E-state index contributed by atoms with van der Waals surface area (Å²) in [6.45, 7) is 3.47. The molecule has 1 aromatic heterocycles. The summed E-state index contributed by atoms with van der Waals surface area (Å²) in [5.41, 5.74) is 1.09. The van der Waals surface area contributed by atoms with Crippen LogP contribution in [0.15, 0.2) is 9.85 Å². The summed E-state index contributed by atoms with van der Waals surface area (Å²) < 4.78 is 1.04. The molecule has 1 aromatic rings. The van der Waals surface area contributed by atoms with Crippen molar-refractivity contribution in [3.05, 3.63) is 15.4 Å². The first-order valence-electron chi connectivity index (χ1n) is 3.13. The lowest BCUT2D eigenvalue weighted by Crippen LogP contribution is -2.04. The fourth-order valence-electron chi connectivity index (χ4n) is 0.727. The first-order valence-corrected chi connectivity index (χ1v) is 4.74. The Morgan fingerprint density at radius 2 is 2.36 bits per heavy atom. The van der Waals surface area contributed by atoms with Crippen LogP contribution in [-0.4, -0.2) is 5.91 Å². The quantitative estimate of drug-likeness (QED) is 0.795. The van der Waals surface area contributed by atoms with E-state index in [1.54, 1.807) is 0 Å². The summed E-state index contributed by atoms with van der Waals surface area (Å²) in [5.74, 6) is -0.0255. The van der Waals surface area contributed by atoms with E-state index in [0.29, 0.717) is 0 Å². The predicted octanol–water partition coefficient (Wildman–Crippen LogP) is 2.78. The van der Waals surface area contributed by atoms with Crippen molar-refractivity contribution in [2.75, 3.05) is 5.32 Å². The van der Waals surface area contributed by atoms with Crippen molar-refractivity contribution in [2.45, 2.75) is 13.8 Å². The van der Waals surface area contributed by atoms with E-state index in [-0.39, 0.29) is 5.91 Å². The minimum atomic E-state index is -0.0255. The third-order valence-corrected chi connectivity index (χ3v) is 2.83. The smallest absolute Gasteiger partial charge is 0.221 e. The maximum Gasteiger partial charge on any atom is 0.221 e. The Balaban J connectivity index is 2.85. The van der Waals surface area contributed by atoms with Gasteiger partial charge in [0.25, 0.3) is 0 Å². The van der Waals surface area contributed by atoms with Crippen molar-refractivity contribution in [3.63, 3.8) is 0 Å². The highest BCUT2D eigenvalue weighted by molar-refractivity contribution is 9.11. The van der Waals surface area contributed by atoms with E-state index in [1.165, 1.54) is 18.3 Å². The van der Waals surface area contributed by atoms with Crippen molar-refractivity contribution in [3.8, 4) is 0 Å². The lowest BCUT2D eigenvalue weighted by Gasteiger charge is -1.96. The molecule has 0 aliphatic carbocycles. The van der Waals surface area contributed by atoms with Crippen molar-refractivity contribution in [1.29, 1.82) is 0 Å². The van der Waals surface area contributed by atoms with Crippen LogP contribution in [0.4, 0.5) is 5.00 Å². The molecule has 0 bridgehead atoms. The molecule has 0 saturated carbocycles. The van der Waals surface area contributed by atoms with Crippen LogP contribution in [-0.2, 0) is 4.79 Å². The summed E-state index contributed by atoms with van der Waals surface area (Å²) in [6, 6.07) is 1.98. The van der Waals surface area contributed by atoms with Gasteiger partial charge in [0.05, 0.1) is 8.79 Å². The van der Waals surface area contributed by atoms with Gasteiger partial charge in [-0.3, -0.25) is 4.79 Å². The molecule has 2 nitrogen and oxygen atoms in total. The minimum absolute atomic E-state index is 0.0255. The summed E-state index contributed by atoms with van der Waals surface area (Å²) in [5, 5.41) is 3.66. The molecule has 0 aliphatic heterocycles. The van der Waals surface area contributed by atoms with E-state index in [2.05, 4.69) is 21.2 Å². The Morgan fingerprint density at radius 3 is 2.73 bits per heavy atom. The van der Waals surface area contributed by atoms with Gasteiger partial charge in [-0.05, 0) is 34.5 Å². The molecule has 0 aliphatic rings. The second-order valence-corrected chi connectivity index (χ2v) is 4.68. The zero-order chi connectivity index (χ0) is 8.43. The van der Waals surface area contributed by atoms with Crippen LogP contribution in [0.1, 0.15) is 12.5 Å². The molecule has 0 fully saturated rings. The molecule has 4 heteroatoms. The van der Waals surface area contributed by atoms with Gasteiger partial charge in [-0.2, -0.15) is 0 Å². The van der Waals surface area contributed by atoms with E-state index in [1.807, 2.05) is 13.0 Å². The highest BCUT2D eigenvalue weighted by Crippen LogP contribution is 2.30. The summed E-state index contributed by atoms with van der Waals surface area (Å²) in [4.78, 5) is 10.7. The maximum atomic E-state index is 10.7. The van der Waals surface area contributed by atoms with Crippen LogP contribution in [0, 0.1) is 6.92 Å². The fourth-order valence-corrected chi connectivity index (χ4v) is 2.40. The molecule has 0 spiro atoms. The van der Waals surface area contributed by atoms with Gasteiger partial charge in [0, 0.05) is 6.92 Å². The largest absolute Gasteiger partial charge is 0.318 e. The number of aryl methyl sites for hydroxylation is 1. The van der Waals surface area contributed by atoms with Gasteiger partial charge in [0.2, 0.25) is 5.91 Å². The number of halogens is 1. The Morgan fingerprint density at radius 1 is 1.73 bits per heavy atom. The Bertz CT molecular complexity index is 282. The second-order valence-electron chi connectivity index (χ2n) is 2.24. The normalized spacial score (nSPS) is 9.73. The summed E-state index contributed by atoms with van der Waals surface area (Å²) >= 11 is 4.87. The topological polar surface area (TPSA) is 29.1 Å². The van der Waals surface area contributed by atoms with E-state index in [4.69, 9.17) is 0 Å². The number of carbonyl (C=O) groups is 1. The number of hydrogen-bond acceptors (Lipinski definition) is 2. The Kier molecular flexibility index (Phi) is 2.67. The van der Waals surface area contributed by atoms with Crippen molar-refractivity contribution in [1.82, 2.24) is 0 Å². The molecule has 0 saturated heterocycles. The zero-order valence-corrected chi connectivity index (χ0v) is 8.67. The Labute approximate surface area is 77.7 Å². The van der Waals surface area contributed by atoms with Crippen molar-refractivity contribution >= 4 is 38.2 Å². The van der Waals surface area contributed by atoms with E-state index in [0.717, 1.165) is 14.4 Å². The third kappa shape index (κ3) is 2.31. The molecule has 60 valence electrons. The van der Waals surface area contributed by atoms with Gasteiger partial charge in [-0.25, -0.2) is 0 Å². The van der Waals surface area contributed by atoms with Crippen LogP contribution in [0.3, 0.4) is 0 Å². The number of nitrogens with one attached hydrogen (secondary N) is 1. The van der Waals surface area contributed by atoms with Gasteiger partial charge in [0.1, 0.15) is 0 Å². The number of amides is 1. The standard InChI is InChI=1S/C7H8BrNOS/c1-4-3-6(8)11-7(4)9-5(2)10/h3H,1-2H3,(H,9,10). The molecule has 0 aromatic carbocycles. The molecular formula is C7H8BrNOS. The fraction of sp³-hybridized carbons (Fsp3) is 0.286. The predicted molar refractivity (Wildman–Crippen MR) is 51.1 cm³/mol. The van der Waals surface area contributed by atoms with Gasteiger partial charge in [-0.15, -0.1) is 11.3 Å². The summed E-state index contributed by atoms with van der Waals surface area (Å²) in [6.07, 6.45) is 0. The third-order valence-electron chi connectivity index (χ3n) is 1.18. The molecule has 1 rings (SSSR count). The average molecular weight is 234 g/mol. The van der Waals surface area contributed by atoms with Crippen molar-refractivity contribution in [2.24, 2.45) is 0 Å². The SMILES string of the molecule is CC(=O)Nc1sc(Br)cc1C. The molecule has 1 heterocycles. The number of rotatable bonds is 1. The maximum absolute atomic E-state index is 10.7. The molecule has 0 radical (unpaired) electrons. The molecule has 0 atom stereocenters.